The molecule has 21 heavy (non-hydrogen) atoms. The van der Waals surface area contributed by atoms with Gasteiger partial charge in [-0.25, -0.2) is 9.97 Å². The molecule has 0 spiro atoms. The van der Waals surface area contributed by atoms with Crippen LogP contribution in [0.4, 0.5) is 5.82 Å². The van der Waals surface area contributed by atoms with Gasteiger partial charge in [0.15, 0.2) is 5.82 Å². The molecule has 0 bridgehead atoms. The standard InChI is InChI=1S/C15H22BrN5/c1-7-10-9(8-21(6)20-10)13-18-12(15(2,3)4)11(16)14(17-5)19-13/h8H,7H2,1-6H3,(H,17,18,19). The molecule has 0 aliphatic carbocycles. The Labute approximate surface area is 134 Å². The summed E-state index contributed by atoms with van der Waals surface area (Å²) in [6.45, 7) is 8.53. The lowest BCUT2D eigenvalue weighted by molar-refractivity contribution is 0.564. The van der Waals surface area contributed by atoms with Gasteiger partial charge in [0.05, 0.1) is 21.4 Å². The highest BCUT2D eigenvalue weighted by atomic mass is 79.9. The Kier molecular flexibility index (Phi) is 4.37. The Bertz CT molecular complexity index is 655. The summed E-state index contributed by atoms with van der Waals surface area (Å²) in [5.41, 5.74) is 2.93. The van der Waals surface area contributed by atoms with Crippen LogP contribution in [0.3, 0.4) is 0 Å². The summed E-state index contributed by atoms with van der Waals surface area (Å²) in [5, 5.41) is 7.62. The molecule has 0 unspecified atom stereocenters. The Morgan fingerprint density at radius 1 is 1.29 bits per heavy atom. The van der Waals surface area contributed by atoms with Crippen LogP contribution < -0.4 is 5.32 Å². The number of rotatable bonds is 3. The predicted octanol–water partition coefficient (Wildman–Crippen LogP) is 3.54. The first kappa shape index (κ1) is 15.9. The predicted molar refractivity (Wildman–Crippen MR) is 89.6 cm³/mol. The third-order valence-electron chi connectivity index (χ3n) is 3.28. The maximum Gasteiger partial charge on any atom is 0.165 e. The molecule has 2 aromatic rings. The van der Waals surface area contributed by atoms with Crippen molar-refractivity contribution in [3.05, 3.63) is 22.1 Å². The molecule has 0 radical (unpaired) electrons. The molecule has 0 amide bonds. The first-order valence-electron chi connectivity index (χ1n) is 7.06. The van der Waals surface area contributed by atoms with E-state index in [-0.39, 0.29) is 5.41 Å². The zero-order valence-electron chi connectivity index (χ0n) is 13.5. The van der Waals surface area contributed by atoms with E-state index in [1.54, 1.807) is 0 Å². The van der Waals surface area contributed by atoms with E-state index in [2.05, 4.69) is 59.0 Å². The van der Waals surface area contributed by atoms with Crippen molar-refractivity contribution in [1.29, 1.82) is 0 Å². The van der Waals surface area contributed by atoms with E-state index in [4.69, 9.17) is 4.98 Å². The fourth-order valence-corrected chi connectivity index (χ4v) is 3.18. The van der Waals surface area contributed by atoms with Gasteiger partial charge in [0.25, 0.3) is 0 Å². The molecule has 2 heterocycles. The molecule has 0 saturated carbocycles. The average Bonchev–Trinajstić information content (AvgIpc) is 2.79. The zero-order chi connectivity index (χ0) is 15.8. The van der Waals surface area contributed by atoms with Gasteiger partial charge in [-0.1, -0.05) is 27.7 Å². The Balaban J connectivity index is 2.69. The van der Waals surface area contributed by atoms with Gasteiger partial charge in [-0.05, 0) is 22.4 Å². The first-order valence-corrected chi connectivity index (χ1v) is 7.85. The van der Waals surface area contributed by atoms with E-state index < -0.39 is 0 Å². The van der Waals surface area contributed by atoms with Gasteiger partial charge in [0.1, 0.15) is 5.82 Å². The van der Waals surface area contributed by atoms with Gasteiger partial charge in [-0.3, -0.25) is 4.68 Å². The van der Waals surface area contributed by atoms with Crippen molar-refractivity contribution in [2.75, 3.05) is 12.4 Å². The number of anilines is 1. The highest BCUT2D eigenvalue weighted by molar-refractivity contribution is 9.10. The van der Waals surface area contributed by atoms with Gasteiger partial charge in [-0.2, -0.15) is 5.10 Å². The second-order valence-electron chi connectivity index (χ2n) is 6.08. The van der Waals surface area contributed by atoms with Crippen LogP contribution in [0.5, 0.6) is 0 Å². The summed E-state index contributed by atoms with van der Waals surface area (Å²) in [5.74, 6) is 1.52. The van der Waals surface area contributed by atoms with E-state index in [9.17, 15) is 0 Å². The van der Waals surface area contributed by atoms with Crippen LogP contribution in [0, 0.1) is 0 Å². The second kappa shape index (κ2) is 5.75. The zero-order valence-corrected chi connectivity index (χ0v) is 15.0. The average molecular weight is 352 g/mol. The SMILES string of the molecule is CCc1nn(C)cc1-c1nc(NC)c(Br)c(C(C)(C)C)n1. The highest BCUT2D eigenvalue weighted by Crippen LogP contribution is 2.34. The molecule has 0 fully saturated rings. The summed E-state index contributed by atoms with van der Waals surface area (Å²) >= 11 is 3.62. The number of aromatic nitrogens is 4. The van der Waals surface area contributed by atoms with E-state index in [0.717, 1.165) is 39.5 Å². The molecule has 6 heteroatoms. The van der Waals surface area contributed by atoms with Crippen LogP contribution >= 0.6 is 15.9 Å². The maximum absolute atomic E-state index is 4.79. The van der Waals surface area contributed by atoms with Gasteiger partial charge < -0.3 is 5.32 Å². The van der Waals surface area contributed by atoms with Crippen molar-refractivity contribution in [1.82, 2.24) is 19.7 Å². The van der Waals surface area contributed by atoms with E-state index in [0.29, 0.717) is 0 Å². The Morgan fingerprint density at radius 3 is 2.48 bits per heavy atom. The first-order chi connectivity index (χ1) is 9.77. The lowest BCUT2D eigenvalue weighted by Crippen LogP contribution is -2.17. The Hall–Kier alpha value is -1.43. The number of nitrogens with one attached hydrogen (secondary N) is 1. The minimum Gasteiger partial charge on any atom is -0.372 e. The van der Waals surface area contributed by atoms with E-state index in [1.165, 1.54) is 0 Å². The highest BCUT2D eigenvalue weighted by Gasteiger charge is 2.24. The molecule has 1 N–H and O–H groups in total. The Morgan fingerprint density at radius 2 is 1.95 bits per heavy atom. The third-order valence-corrected chi connectivity index (χ3v) is 4.03. The number of hydrogen-bond acceptors (Lipinski definition) is 4. The number of aryl methyl sites for hydroxylation is 2. The molecule has 0 aliphatic rings. The van der Waals surface area contributed by atoms with Crippen molar-refractivity contribution < 1.29 is 0 Å². The van der Waals surface area contributed by atoms with Crippen LogP contribution in [-0.2, 0) is 18.9 Å². The summed E-state index contributed by atoms with van der Waals surface area (Å²) in [7, 11) is 3.79. The van der Waals surface area contributed by atoms with Gasteiger partial charge in [0.2, 0.25) is 0 Å². The summed E-state index contributed by atoms with van der Waals surface area (Å²) in [4.78, 5) is 9.43. The van der Waals surface area contributed by atoms with Crippen LogP contribution in [0.1, 0.15) is 39.1 Å². The van der Waals surface area contributed by atoms with E-state index >= 15 is 0 Å². The molecule has 0 atom stereocenters. The van der Waals surface area contributed by atoms with Crippen LogP contribution in [0.25, 0.3) is 11.4 Å². The maximum atomic E-state index is 4.79. The fraction of sp³-hybridized carbons (Fsp3) is 0.533. The topological polar surface area (TPSA) is 55.6 Å². The van der Waals surface area contributed by atoms with Crippen LogP contribution in [0.2, 0.25) is 0 Å². The fourth-order valence-electron chi connectivity index (χ4n) is 2.21. The van der Waals surface area contributed by atoms with E-state index in [1.807, 2.05) is 25.0 Å². The van der Waals surface area contributed by atoms with Gasteiger partial charge in [-0.15, -0.1) is 0 Å². The lowest BCUT2D eigenvalue weighted by atomic mass is 9.91. The lowest BCUT2D eigenvalue weighted by Gasteiger charge is -2.21. The number of halogens is 1. The number of nitrogens with zero attached hydrogens (tertiary/aromatic N) is 4. The normalized spacial score (nSPS) is 11.8. The quantitative estimate of drug-likeness (QED) is 0.918. The molecule has 2 aromatic heterocycles. The third kappa shape index (κ3) is 3.10. The van der Waals surface area contributed by atoms with Crippen molar-refractivity contribution in [2.45, 2.75) is 39.5 Å². The van der Waals surface area contributed by atoms with Crippen molar-refractivity contribution >= 4 is 21.7 Å². The number of hydrogen-bond donors (Lipinski definition) is 1. The van der Waals surface area contributed by atoms with Crippen molar-refractivity contribution in [3.63, 3.8) is 0 Å². The summed E-state index contributed by atoms with van der Waals surface area (Å²) in [6.07, 6.45) is 2.84. The summed E-state index contributed by atoms with van der Waals surface area (Å²) in [6, 6.07) is 0. The largest absolute Gasteiger partial charge is 0.372 e. The monoisotopic (exact) mass is 351 g/mol. The molecule has 5 nitrogen and oxygen atoms in total. The molecule has 0 saturated heterocycles. The van der Waals surface area contributed by atoms with Crippen LogP contribution in [0.15, 0.2) is 10.7 Å². The molecule has 0 aliphatic heterocycles. The minimum atomic E-state index is -0.0727. The van der Waals surface area contributed by atoms with Crippen molar-refractivity contribution in [3.8, 4) is 11.4 Å². The summed E-state index contributed by atoms with van der Waals surface area (Å²) < 4.78 is 2.73. The molecule has 0 aromatic carbocycles. The smallest absolute Gasteiger partial charge is 0.165 e. The molecular formula is C15H22BrN5. The molecule has 2 rings (SSSR count). The molecule has 114 valence electrons. The van der Waals surface area contributed by atoms with Gasteiger partial charge in [0, 0.05) is 25.7 Å². The second-order valence-corrected chi connectivity index (χ2v) is 6.87. The molecular weight excluding hydrogens is 330 g/mol. The minimum absolute atomic E-state index is 0.0727. The van der Waals surface area contributed by atoms with Gasteiger partial charge >= 0.3 is 0 Å². The van der Waals surface area contributed by atoms with Crippen molar-refractivity contribution in [2.24, 2.45) is 7.05 Å². The van der Waals surface area contributed by atoms with Crippen LogP contribution in [-0.4, -0.2) is 26.8 Å².